The summed E-state index contributed by atoms with van der Waals surface area (Å²) in [4.78, 5) is 25.9. The number of fused-ring (bicyclic) bond motifs is 1. The summed E-state index contributed by atoms with van der Waals surface area (Å²) in [6.45, 7) is 6.18. The minimum absolute atomic E-state index is 0.00582. The first-order valence-corrected chi connectivity index (χ1v) is 7.73. The van der Waals surface area contributed by atoms with Gasteiger partial charge < -0.3 is 10.2 Å². The molecule has 21 heavy (non-hydrogen) atoms. The Hall–Kier alpha value is -1.84. The van der Waals surface area contributed by atoms with Gasteiger partial charge in [0.1, 0.15) is 0 Å². The molecule has 0 spiro atoms. The maximum Gasteiger partial charge on any atom is 0.253 e. The van der Waals surface area contributed by atoms with Crippen LogP contribution >= 0.6 is 0 Å². The molecule has 112 valence electrons. The van der Waals surface area contributed by atoms with Gasteiger partial charge in [0, 0.05) is 24.3 Å². The average molecular weight is 286 g/mol. The van der Waals surface area contributed by atoms with E-state index in [1.54, 1.807) is 0 Å². The van der Waals surface area contributed by atoms with Crippen molar-refractivity contribution in [1.82, 2.24) is 4.90 Å². The maximum absolute atomic E-state index is 12.6. The second kappa shape index (κ2) is 5.17. The number of hydrogen-bond acceptors (Lipinski definition) is 2. The maximum atomic E-state index is 12.6. The molecule has 3 rings (SSSR count). The van der Waals surface area contributed by atoms with E-state index in [0.29, 0.717) is 17.4 Å². The minimum Gasteiger partial charge on any atom is -0.339 e. The fourth-order valence-electron chi connectivity index (χ4n) is 3.13. The molecule has 4 heteroatoms. The lowest BCUT2D eigenvalue weighted by Crippen LogP contribution is -2.41. The summed E-state index contributed by atoms with van der Waals surface area (Å²) >= 11 is 0. The molecule has 1 saturated heterocycles. The predicted molar refractivity (Wildman–Crippen MR) is 82.3 cm³/mol. The molecule has 0 unspecified atom stereocenters. The van der Waals surface area contributed by atoms with Crippen molar-refractivity contribution >= 4 is 17.5 Å². The molecular weight excluding hydrogens is 264 g/mol. The Morgan fingerprint density at radius 1 is 1.33 bits per heavy atom. The van der Waals surface area contributed by atoms with Crippen LogP contribution in [0.4, 0.5) is 5.69 Å². The Morgan fingerprint density at radius 3 is 2.71 bits per heavy atom. The Kier molecular flexibility index (Phi) is 3.47. The number of nitrogens with zero attached hydrogens (tertiary/aromatic N) is 1. The second-order valence-corrected chi connectivity index (χ2v) is 6.55. The Bertz CT molecular complexity index is 586. The van der Waals surface area contributed by atoms with Gasteiger partial charge in [-0.25, -0.2) is 0 Å². The quantitative estimate of drug-likeness (QED) is 0.909. The van der Waals surface area contributed by atoms with Crippen molar-refractivity contribution in [1.29, 1.82) is 0 Å². The van der Waals surface area contributed by atoms with Crippen LogP contribution in [-0.2, 0) is 11.2 Å². The van der Waals surface area contributed by atoms with Gasteiger partial charge >= 0.3 is 0 Å². The molecule has 4 nitrogen and oxygen atoms in total. The number of benzene rings is 1. The molecule has 1 aromatic rings. The zero-order valence-electron chi connectivity index (χ0n) is 12.7. The smallest absolute Gasteiger partial charge is 0.253 e. The van der Waals surface area contributed by atoms with Gasteiger partial charge in [-0.05, 0) is 36.0 Å². The largest absolute Gasteiger partial charge is 0.339 e. The fourth-order valence-corrected chi connectivity index (χ4v) is 3.13. The van der Waals surface area contributed by atoms with E-state index in [9.17, 15) is 9.59 Å². The van der Waals surface area contributed by atoms with Gasteiger partial charge in [0.05, 0.1) is 6.42 Å². The van der Waals surface area contributed by atoms with E-state index in [-0.39, 0.29) is 11.8 Å². The highest BCUT2D eigenvalue weighted by Crippen LogP contribution is 2.34. The summed E-state index contributed by atoms with van der Waals surface area (Å²) in [6, 6.07) is 5.55. The Balaban J connectivity index is 1.72. The van der Waals surface area contributed by atoms with Crippen molar-refractivity contribution < 1.29 is 9.59 Å². The standard InChI is InChI=1S/C17H22N2O2/c1-3-17(2)6-8-19(9-7-17)16(21)13-5-4-12-11-15(20)18-14(12)10-13/h4-5,10H,3,6-9,11H2,1-2H3,(H,18,20). The summed E-state index contributed by atoms with van der Waals surface area (Å²) in [7, 11) is 0. The molecule has 0 atom stereocenters. The number of amides is 2. The molecule has 0 aliphatic carbocycles. The van der Waals surface area contributed by atoms with Crippen LogP contribution in [0, 0.1) is 5.41 Å². The first-order valence-electron chi connectivity index (χ1n) is 7.73. The zero-order valence-corrected chi connectivity index (χ0v) is 12.7. The summed E-state index contributed by atoms with van der Waals surface area (Å²) in [6.07, 6.45) is 3.72. The lowest BCUT2D eigenvalue weighted by molar-refractivity contribution is -0.115. The molecule has 2 amide bonds. The van der Waals surface area contributed by atoms with Crippen LogP contribution in [0.2, 0.25) is 0 Å². The lowest BCUT2D eigenvalue weighted by Gasteiger charge is -2.39. The SMILES string of the molecule is CCC1(C)CCN(C(=O)c2ccc3c(c2)NC(=O)C3)CC1. The van der Waals surface area contributed by atoms with Crippen molar-refractivity contribution in [3.05, 3.63) is 29.3 Å². The third-order valence-electron chi connectivity index (χ3n) is 5.09. The van der Waals surface area contributed by atoms with Crippen LogP contribution in [0.5, 0.6) is 0 Å². The zero-order chi connectivity index (χ0) is 15.0. The Labute approximate surface area is 125 Å². The van der Waals surface area contributed by atoms with Gasteiger partial charge in [0.2, 0.25) is 5.91 Å². The number of likely N-dealkylation sites (tertiary alicyclic amines) is 1. The number of rotatable bonds is 2. The first-order chi connectivity index (χ1) is 10.0. The molecule has 0 saturated carbocycles. The molecule has 2 aliphatic heterocycles. The van der Waals surface area contributed by atoms with Crippen LogP contribution in [0.1, 0.15) is 49.0 Å². The fraction of sp³-hybridized carbons (Fsp3) is 0.529. The number of nitrogens with one attached hydrogen (secondary N) is 1. The molecule has 1 aromatic carbocycles. The van der Waals surface area contributed by atoms with Crippen molar-refractivity contribution in [2.24, 2.45) is 5.41 Å². The predicted octanol–water partition coefficient (Wildman–Crippen LogP) is 2.83. The highest BCUT2D eigenvalue weighted by atomic mass is 16.2. The van der Waals surface area contributed by atoms with E-state index in [4.69, 9.17) is 0 Å². The molecular formula is C17H22N2O2. The van der Waals surface area contributed by atoms with Crippen molar-refractivity contribution in [3.63, 3.8) is 0 Å². The Morgan fingerprint density at radius 2 is 2.05 bits per heavy atom. The van der Waals surface area contributed by atoms with Crippen LogP contribution in [0.25, 0.3) is 0 Å². The minimum atomic E-state index is 0.00582. The van der Waals surface area contributed by atoms with Crippen molar-refractivity contribution in [2.75, 3.05) is 18.4 Å². The number of carbonyl (C=O) groups is 2. The van der Waals surface area contributed by atoms with Crippen molar-refractivity contribution in [2.45, 2.75) is 39.5 Å². The van der Waals surface area contributed by atoms with E-state index in [1.807, 2.05) is 23.1 Å². The summed E-state index contributed by atoms with van der Waals surface area (Å²) < 4.78 is 0. The topological polar surface area (TPSA) is 49.4 Å². The molecule has 0 radical (unpaired) electrons. The van der Waals surface area contributed by atoms with Gasteiger partial charge in [-0.1, -0.05) is 26.3 Å². The van der Waals surface area contributed by atoms with Gasteiger partial charge in [0.25, 0.3) is 5.91 Å². The van der Waals surface area contributed by atoms with Gasteiger partial charge in [0.15, 0.2) is 0 Å². The molecule has 2 heterocycles. The highest BCUT2D eigenvalue weighted by Gasteiger charge is 2.31. The average Bonchev–Trinajstić information content (AvgIpc) is 2.86. The number of piperidine rings is 1. The van der Waals surface area contributed by atoms with Gasteiger partial charge in [-0.15, -0.1) is 0 Å². The van der Waals surface area contributed by atoms with Crippen LogP contribution in [-0.4, -0.2) is 29.8 Å². The number of anilines is 1. The van der Waals surface area contributed by atoms with E-state index < -0.39 is 0 Å². The van der Waals surface area contributed by atoms with E-state index in [0.717, 1.165) is 37.2 Å². The molecule has 0 aromatic heterocycles. The van der Waals surface area contributed by atoms with Crippen LogP contribution < -0.4 is 5.32 Å². The van der Waals surface area contributed by atoms with E-state index >= 15 is 0 Å². The molecule has 1 N–H and O–H groups in total. The molecule has 0 bridgehead atoms. The van der Waals surface area contributed by atoms with Gasteiger partial charge in [-0.2, -0.15) is 0 Å². The highest BCUT2D eigenvalue weighted by molar-refractivity contribution is 6.02. The monoisotopic (exact) mass is 286 g/mol. The van der Waals surface area contributed by atoms with Crippen LogP contribution in [0.15, 0.2) is 18.2 Å². The third-order valence-corrected chi connectivity index (χ3v) is 5.09. The summed E-state index contributed by atoms with van der Waals surface area (Å²) in [5, 5.41) is 2.81. The van der Waals surface area contributed by atoms with Gasteiger partial charge in [-0.3, -0.25) is 9.59 Å². The summed E-state index contributed by atoms with van der Waals surface area (Å²) in [5.41, 5.74) is 2.83. The first kappa shape index (κ1) is 14.1. The normalized spacial score (nSPS) is 20.1. The number of hydrogen-bond donors (Lipinski definition) is 1. The second-order valence-electron chi connectivity index (χ2n) is 6.55. The lowest BCUT2D eigenvalue weighted by atomic mass is 9.78. The third kappa shape index (κ3) is 2.67. The van der Waals surface area contributed by atoms with E-state index in [2.05, 4.69) is 19.2 Å². The summed E-state index contributed by atoms with van der Waals surface area (Å²) in [5.74, 6) is 0.0865. The van der Waals surface area contributed by atoms with Crippen LogP contribution in [0.3, 0.4) is 0 Å². The molecule has 2 aliphatic rings. The molecule has 1 fully saturated rings. The van der Waals surface area contributed by atoms with Crippen molar-refractivity contribution in [3.8, 4) is 0 Å². The van der Waals surface area contributed by atoms with E-state index in [1.165, 1.54) is 6.42 Å². The number of carbonyl (C=O) groups excluding carboxylic acids is 2.